The molecule has 1 aliphatic rings. The van der Waals surface area contributed by atoms with Gasteiger partial charge in [-0.2, -0.15) is 0 Å². The lowest BCUT2D eigenvalue weighted by Gasteiger charge is -2.14. The highest BCUT2D eigenvalue weighted by atomic mass is 127. The second-order valence-electron chi connectivity index (χ2n) is 4.29. The molecule has 0 aliphatic heterocycles. The molecule has 1 aliphatic carbocycles. The lowest BCUT2D eigenvalue weighted by atomic mass is 10.2. The molecule has 0 saturated heterocycles. The number of hydrogen-bond donors (Lipinski definition) is 1. The summed E-state index contributed by atoms with van der Waals surface area (Å²) in [4.78, 5) is 4.49. The first-order valence-electron chi connectivity index (χ1n) is 5.79. The SMILES string of the molecule is Ic1cccc(NC2CCc3cccnc32)c1. The monoisotopic (exact) mass is 336 g/mol. The van der Waals surface area contributed by atoms with Gasteiger partial charge in [-0.15, -0.1) is 0 Å². The highest BCUT2D eigenvalue weighted by molar-refractivity contribution is 14.1. The molecule has 1 atom stereocenters. The Balaban J connectivity index is 1.84. The minimum absolute atomic E-state index is 0.365. The summed E-state index contributed by atoms with van der Waals surface area (Å²) in [7, 11) is 0. The highest BCUT2D eigenvalue weighted by Crippen LogP contribution is 2.32. The number of halogens is 1. The van der Waals surface area contributed by atoms with Crippen LogP contribution in [0.2, 0.25) is 0 Å². The average molecular weight is 336 g/mol. The fraction of sp³-hybridized carbons (Fsp3) is 0.214. The average Bonchev–Trinajstić information content (AvgIpc) is 2.73. The Kier molecular flexibility index (Phi) is 3.01. The Bertz CT molecular complexity index is 539. The Labute approximate surface area is 115 Å². The van der Waals surface area contributed by atoms with Crippen molar-refractivity contribution in [3.63, 3.8) is 0 Å². The summed E-state index contributed by atoms with van der Waals surface area (Å²) in [6, 6.07) is 13.0. The van der Waals surface area contributed by atoms with E-state index in [1.807, 2.05) is 12.3 Å². The molecule has 1 N–H and O–H groups in total. The molecule has 0 fully saturated rings. The van der Waals surface area contributed by atoms with Crippen molar-refractivity contribution in [3.05, 3.63) is 57.4 Å². The molecule has 0 bridgehead atoms. The molecular weight excluding hydrogens is 323 g/mol. The molecule has 0 radical (unpaired) electrons. The van der Waals surface area contributed by atoms with E-state index in [4.69, 9.17) is 0 Å². The number of fused-ring (bicyclic) bond motifs is 1. The second-order valence-corrected chi connectivity index (χ2v) is 5.54. The van der Waals surface area contributed by atoms with Gasteiger partial charge < -0.3 is 5.32 Å². The predicted octanol–water partition coefficient (Wildman–Crippen LogP) is 3.79. The van der Waals surface area contributed by atoms with Crippen LogP contribution in [0.1, 0.15) is 23.7 Å². The maximum atomic E-state index is 4.49. The van der Waals surface area contributed by atoms with Crippen molar-refractivity contribution in [2.45, 2.75) is 18.9 Å². The largest absolute Gasteiger partial charge is 0.377 e. The van der Waals surface area contributed by atoms with Crippen LogP contribution in [0.15, 0.2) is 42.6 Å². The first-order chi connectivity index (χ1) is 8.33. The Morgan fingerprint density at radius 1 is 1.24 bits per heavy atom. The van der Waals surface area contributed by atoms with E-state index in [-0.39, 0.29) is 0 Å². The van der Waals surface area contributed by atoms with Crippen LogP contribution in [-0.4, -0.2) is 4.98 Å². The van der Waals surface area contributed by atoms with Crippen molar-refractivity contribution in [3.8, 4) is 0 Å². The zero-order valence-corrected chi connectivity index (χ0v) is 11.5. The summed E-state index contributed by atoms with van der Waals surface area (Å²) in [5, 5.41) is 3.57. The van der Waals surface area contributed by atoms with Crippen LogP contribution in [-0.2, 0) is 6.42 Å². The van der Waals surface area contributed by atoms with Gasteiger partial charge in [-0.05, 0) is 65.3 Å². The number of benzene rings is 1. The third-order valence-electron chi connectivity index (χ3n) is 3.12. The van der Waals surface area contributed by atoms with Gasteiger partial charge in [-0.25, -0.2) is 0 Å². The maximum Gasteiger partial charge on any atom is 0.0691 e. The Morgan fingerprint density at radius 2 is 2.18 bits per heavy atom. The number of pyridine rings is 1. The van der Waals surface area contributed by atoms with Crippen molar-refractivity contribution < 1.29 is 0 Å². The fourth-order valence-corrected chi connectivity index (χ4v) is 2.88. The van der Waals surface area contributed by atoms with Gasteiger partial charge in [0.1, 0.15) is 0 Å². The van der Waals surface area contributed by atoms with Crippen molar-refractivity contribution >= 4 is 28.3 Å². The van der Waals surface area contributed by atoms with E-state index >= 15 is 0 Å². The fourth-order valence-electron chi connectivity index (χ4n) is 2.33. The summed E-state index contributed by atoms with van der Waals surface area (Å²) < 4.78 is 1.26. The molecular formula is C14H13IN2. The molecule has 2 aromatic rings. The van der Waals surface area contributed by atoms with E-state index in [0.29, 0.717) is 6.04 Å². The van der Waals surface area contributed by atoms with E-state index in [2.05, 4.69) is 63.2 Å². The van der Waals surface area contributed by atoms with Gasteiger partial charge in [-0.1, -0.05) is 12.1 Å². The van der Waals surface area contributed by atoms with Crippen LogP contribution in [0.5, 0.6) is 0 Å². The maximum absolute atomic E-state index is 4.49. The van der Waals surface area contributed by atoms with Gasteiger partial charge in [-0.3, -0.25) is 4.98 Å². The number of aromatic nitrogens is 1. The van der Waals surface area contributed by atoms with Gasteiger partial charge >= 0.3 is 0 Å². The third kappa shape index (κ3) is 2.29. The molecule has 3 rings (SSSR count). The lowest BCUT2D eigenvalue weighted by Crippen LogP contribution is -2.08. The molecule has 1 unspecified atom stereocenters. The van der Waals surface area contributed by atoms with Gasteiger partial charge in [0.2, 0.25) is 0 Å². The quantitative estimate of drug-likeness (QED) is 0.844. The van der Waals surface area contributed by atoms with Crippen molar-refractivity contribution in [2.75, 3.05) is 5.32 Å². The zero-order chi connectivity index (χ0) is 11.7. The predicted molar refractivity (Wildman–Crippen MR) is 78.1 cm³/mol. The number of nitrogens with one attached hydrogen (secondary N) is 1. The molecule has 0 amide bonds. The molecule has 1 heterocycles. The van der Waals surface area contributed by atoms with Crippen molar-refractivity contribution in [1.29, 1.82) is 0 Å². The molecule has 17 heavy (non-hydrogen) atoms. The molecule has 1 aromatic carbocycles. The first kappa shape index (κ1) is 11.0. The van der Waals surface area contributed by atoms with E-state index in [1.54, 1.807) is 0 Å². The van der Waals surface area contributed by atoms with Crippen molar-refractivity contribution in [1.82, 2.24) is 4.98 Å². The Hall–Kier alpha value is -1.10. The molecule has 3 heteroatoms. The molecule has 0 spiro atoms. The minimum Gasteiger partial charge on any atom is -0.377 e. The number of rotatable bonds is 2. The molecule has 2 nitrogen and oxygen atoms in total. The van der Waals surface area contributed by atoms with Crippen LogP contribution in [0.4, 0.5) is 5.69 Å². The summed E-state index contributed by atoms with van der Waals surface area (Å²) in [5.74, 6) is 0. The zero-order valence-electron chi connectivity index (χ0n) is 9.36. The lowest BCUT2D eigenvalue weighted by molar-refractivity contribution is 0.746. The molecule has 86 valence electrons. The Morgan fingerprint density at radius 3 is 3.06 bits per heavy atom. The van der Waals surface area contributed by atoms with Crippen LogP contribution in [0, 0.1) is 3.57 Å². The van der Waals surface area contributed by atoms with Crippen LogP contribution < -0.4 is 5.32 Å². The van der Waals surface area contributed by atoms with Gasteiger partial charge in [0, 0.05) is 15.5 Å². The van der Waals surface area contributed by atoms with Gasteiger partial charge in [0.05, 0.1) is 11.7 Å². The van der Waals surface area contributed by atoms with E-state index in [1.165, 1.54) is 20.5 Å². The topological polar surface area (TPSA) is 24.9 Å². The standard InChI is InChI=1S/C14H13IN2/c15-11-4-1-5-12(9-11)17-13-7-6-10-3-2-8-16-14(10)13/h1-5,8-9,13,17H,6-7H2. The van der Waals surface area contributed by atoms with E-state index in [0.717, 1.165) is 12.8 Å². The third-order valence-corrected chi connectivity index (χ3v) is 3.80. The van der Waals surface area contributed by atoms with Gasteiger partial charge in [0.15, 0.2) is 0 Å². The van der Waals surface area contributed by atoms with Crippen LogP contribution in [0.3, 0.4) is 0 Å². The smallest absolute Gasteiger partial charge is 0.0691 e. The molecule has 1 aromatic heterocycles. The number of anilines is 1. The summed E-state index contributed by atoms with van der Waals surface area (Å²) >= 11 is 2.34. The van der Waals surface area contributed by atoms with E-state index in [9.17, 15) is 0 Å². The molecule has 0 saturated carbocycles. The van der Waals surface area contributed by atoms with Crippen LogP contribution >= 0.6 is 22.6 Å². The number of aryl methyl sites for hydroxylation is 1. The first-order valence-corrected chi connectivity index (χ1v) is 6.87. The minimum atomic E-state index is 0.365. The normalized spacial score (nSPS) is 17.8. The second kappa shape index (κ2) is 4.64. The van der Waals surface area contributed by atoms with Crippen molar-refractivity contribution in [2.24, 2.45) is 0 Å². The summed E-state index contributed by atoms with van der Waals surface area (Å²) in [6.45, 7) is 0. The summed E-state index contributed by atoms with van der Waals surface area (Å²) in [5.41, 5.74) is 3.78. The van der Waals surface area contributed by atoms with E-state index < -0.39 is 0 Å². The number of hydrogen-bond acceptors (Lipinski definition) is 2. The summed E-state index contributed by atoms with van der Waals surface area (Å²) in [6.07, 6.45) is 4.15. The van der Waals surface area contributed by atoms with Gasteiger partial charge in [0.25, 0.3) is 0 Å². The number of nitrogens with zero attached hydrogens (tertiary/aromatic N) is 1. The highest BCUT2D eigenvalue weighted by Gasteiger charge is 2.23. The van der Waals surface area contributed by atoms with Crippen LogP contribution in [0.25, 0.3) is 0 Å².